The van der Waals surface area contributed by atoms with Gasteiger partial charge >= 0.3 is 5.91 Å². The van der Waals surface area contributed by atoms with Gasteiger partial charge in [-0.05, 0) is 63.1 Å². The Balaban J connectivity index is 1.58. The standard InChI is InChI=1S/C26H27BrClN3O3/c1-6-7-31-21-12-20(28)17(9-19(21)15(2)13-26(31,3)4)14-29-30-25(32)23-10-16-8-18(27)11-22(33-5)24(16)34-23/h8-14H,6-7H2,1-5H3,(H,30,32)/b29-14-. The first-order chi connectivity index (χ1) is 16.1. The highest BCUT2D eigenvalue weighted by atomic mass is 79.9. The first-order valence-corrected chi connectivity index (χ1v) is 12.2. The number of carbonyl (C=O) groups excluding carboxylic acids is 1. The average molecular weight is 545 g/mol. The molecule has 6 nitrogen and oxygen atoms in total. The molecule has 1 aromatic heterocycles. The van der Waals surface area contributed by atoms with E-state index < -0.39 is 5.91 Å². The summed E-state index contributed by atoms with van der Waals surface area (Å²) in [6, 6.07) is 9.28. The normalized spacial score (nSPS) is 14.9. The molecular weight excluding hydrogens is 518 g/mol. The van der Waals surface area contributed by atoms with E-state index in [9.17, 15) is 4.79 Å². The second-order valence-electron chi connectivity index (χ2n) is 8.86. The lowest BCUT2D eigenvalue weighted by Gasteiger charge is -2.43. The molecule has 8 heteroatoms. The fourth-order valence-electron chi connectivity index (χ4n) is 4.41. The molecule has 2 aromatic carbocycles. The van der Waals surface area contributed by atoms with Gasteiger partial charge in [-0.25, -0.2) is 5.43 Å². The lowest BCUT2D eigenvalue weighted by atomic mass is 9.88. The maximum Gasteiger partial charge on any atom is 0.307 e. The summed E-state index contributed by atoms with van der Waals surface area (Å²) in [5, 5.41) is 5.45. The number of allylic oxidation sites excluding steroid dienone is 1. The lowest BCUT2D eigenvalue weighted by molar-refractivity contribution is 0.0929. The zero-order valence-corrected chi connectivity index (χ0v) is 22.2. The van der Waals surface area contributed by atoms with Crippen LogP contribution in [0.25, 0.3) is 16.5 Å². The first-order valence-electron chi connectivity index (χ1n) is 11.1. The van der Waals surface area contributed by atoms with Crippen LogP contribution in [0, 0.1) is 0 Å². The molecule has 1 N–H and O–H groups in total. The smallest absolute Gasteiger partial charge is 0.307 e. The zero-order valence-electron chi connectivity index (χ0n) is 19.8. The Bertz CT molecular complexity index is 1330. The van der Waals surface area contributed by atoms with Gasteiger partial charge in [-0.1, -0.05) is 40.5 Å². The topological polar surface area (TPSA) is 67.1 Å². The van der Waals surface area contributed by atoms with Crippen LogP contribution in [0.1, 0.15) is 55.8 Å². The van der Waals surface area contributed by atoms with Crippen molar-refractivity contribution in [2.45, 2.75) is 39.7 Å². The Hall–Kier alpha value is -2.77. The number of rotatable bonds is 6. The quantitative estimate of drug-likeness (QED) is 0.267. The van der Waals surface area contributed by atoms with E-state index in [2.05, 4.69) is 65.1 Å². The molecule has 4 rings (SSSR count). The summed E-state index contributed by atoms with van der Waals surface area (Å²) in [5.41, 5.74) is 7.06. The third-order valence-electron chi connectivity index (χ3n) is 5.90. The van der Waals surface area contributed by atoms with Crippen LogP contribution in [0.15, 0.2) is 50.4 Å². The van der Waals surface area contributed by atoms with Crippen molar-refractivity contribution in [1.29, 1.82) is 0 Å². The number of methoxy groups -OCH3 is 1. The molecule has 0 radical (unpaired) electrons. The highest BCUT2D eigenvalue weighted by Gasteiger charge is 2.31. The highest BCUT2D eigenvalue weighted by molar-refractivity contribution is 9.10. The van der Waals surface area contributed by atoms with Crippen LogP contribution in [-0.4, -0.2) is 31.3 Å². The number of furan rings is 1. The lowest BCUT2D eigenvalue weighted by Crippen LogP contribution is -2.45. The molecule has 1 aliphatic heterocycles. The van der Waals surface area contributed by atoms with Gasteiger partial charge in [0, 0.05) is 33.2 Å². The summed E-state index contributed by atoms with van der Waals surface area (Å²) >= 11 is 10.0. The van der Waals surface area contributed by atoms with Crippen LogP contribution in [-0.2, 0) is 0 Å². The van der Waals surface area contributed by atoms with Crippen molar-refractivity contribution >= 4 is 61.9 Å². The summed E-state index contributed by atoms with van der Waals surface area (Å²) < 4.78 is 11.9. The average Bonchev–Trinajstić information content (AvgIpc) is 3.20. The largest absolute Gasteiger partial charge is 0.493 e. The number of hydrogen-bond donors (Lipinski definition) is 1. The van der Waals surface area contributed by atoms with Crippen LogP contribution in [0.4, 0.5) is 5.69 Å². The Labute approximate surface area is 212 Å². The van der Waals surface area contributed by atoms with Crippen LogP contribution in [0.5, 0.6) is 5.75 Å². The van der Waals surface area contributed by atoms with Gasteiger partial charge in [0.2, 0.25) is 0 Å². The van der Waals surface area contributed by atoms with E-state index in [0.717, 1.165) is 39.6 Å². The maximum atomic E-state index is 12.6. The van der Waals surface area contributed by atoms with Gasteiger partial charge in [-0.3, -0.25) is 4.79 Å². The third kappa shape index (κ3) is 4.59. The van der Waals surface area contributed by atoms with Crippen molar-refractivity contribution in [1.82, 2.24) is 5.43 Å². The van der Waals surface area contributed by atoms with E-state index in [1.165, 1.54) is 5.57 Å². The van der Waals surface area contributed by atoms with Crippen molar-refractivity contribution in [2.24, 2.45) is 5.10 Å². The Morgan fingerprint density at radius 1 is 1.29 bits per heavy atom. The molecule has 34 heavy (non-hydrogen) atoms. The van der Waals surface area contributed by atoms with Crippen LogP contribution >= 0.6 is 27.5 Å². The minimum absolute atomic E-state index is 0.0924. The zero-order chi connectivity index (χ0) is 24.6. The molecule has 0 saturated carbocycles. The van der Waals surface area contributed by atoms with E-state index in [1.807, 2.05) is 18.2 Å². The fourth-order valence-corrected chi connectivity index (χ4v) is 5.07. The molecule has 3 aromatic rings. The van der Waals surface area contributed by atoms with Crippen molar-refractivity contribution < 1.29 is 13.9 Å². The number of amides is 1. The van der Waals surface area contributed by atoms with Gasteiger partial charge in [-0.2, -0.15) is 5.10 Å². The Kier molecular flexibility index (Phi) is 6.78. The number of anilines is 1. The summed E-state index contributed by atoms with van der Waals surface area (Å²) in [6.45, 7) is 9.63. The second kappa shape index (κ2) is 9.47. The van der Waals surface area contributed by atoms with Crippen molar-refractivity contribution in [2.75, 3.05) is 18.6 Å². The minimum Gasteiger partial charge on any atom is -0.493 e. The first kappa shape index (κ1) is 24.4. The van der Waals surface area contributed by atoms with Crippen LogP contribution < -0.4 is 15.1 Å². The number of hydrazone groups is 1. The molecule has 1 aliphatic rings. The third-order valence-corrected chi connectivity index (χ3v) is 6.69. The van der Waals surface area contributed by atoms with Gasteiger partial charge in [0.1, 0.15) is 0 Å². The van der Waals surface area contributed by atoms with E-state index in [-0.39, 0.29) is 11.3 Å². The van der Waals surface area contributed by atoms with Gasteiger partial charge in [-0.15, -0.1) is 0 Å². The van der Waals surface area contributed by atoms with Crippen LogP contribution in [0.3, 0.4) is 0 Å². The summed E-state index contributed by atoms with van der Waals surface area (Å²) in [7, 11) is 1.55. The summed E-state index contributed by atoms with van der Waals surface area (Å²) in [6.07, 6.45) is 4.86. The van der Waals surface area contributed by atoms with E-state index >= 15 is 0 Å². The number of fused-ring (bicyclic) bond motifs is 2. The molecule has 2 heterocycles. The highest BCUT2D eigenvalue weighted by Crippen LogP contribution is 2.41. The SMILES string of the molecule is CCCN1c2cc(Cl)c(/C=N\NC(=O)c3cc4cc(Br)cc(OC)c4o3)cc2C(C)=CC1(C)C. The number of nitrogens with zero attached hydrogens (tertiary/aromatic N) is 2. The molecule has 0 aliphatic carbocycles. The number of halogens is 2. The minimum atomic E-state index is -0.466. The molecule has 0 spiro atoms. The summed E-state index contributed by atoms with van der Waals surface area (Å²) in [4.78, 5) is 15.0. The van der Waals surface area contributed by atoms with Crippen LogP contribution in [0.2, 0.25) is 5.02 Å². The van der Waals surface area contributed by atoms with Crippen molar-refractivity contribution in [3.8, 4) is 5.75 Å². The fraction of sp³-hybridized carbons (Fsp3) is 0.308. The van der Waals surface area contributed by atoms with Gasteiger partial charge in [0.05, 0.1) is 23.9 Å². The van der Waals surface area contributed by atoms with Gasteiger partial charge in [0.25, 0.3) is 0 Å². The Morgan fingerprint density at radius 2 is 2.06 bits per heavy atom. The number of benzene rings is 2. The molecule has 0 bridgehead atoms. The molecule has 1 amide bonds. The van der Waals surface area contributed by atoms with E-state index in [0.29, 0.717) is 16.4 Å². The summed E-state index contributed by atoms with van der Waals surface area (Å²) in [5.74, 6) is 0.208. The molecular formula is C26H27BrClN3O3. The van der Waals surface area contributed by atoms with Gasteiger partial charge in [0.15, 0.2) is 17.1 Å². The number of carbonyl (C=O) groups is 1. The van der Waals surface area contributed by atoms with E-state index in [1.54, 1.807) is 25.5 Å². The second-order valence-corrected chi connectivity index (χ2v) is 10.2. The van der Waals surface area contributed by atoms with Crippen molar-refractivity contribution in [3.05, 3.63) is 62.8 Å². The monoisotopic (exact) mass is 543 g/mol. The van der Waals surface area contributed by atoms with Gasteiger partial charge < -0.3 is 14.1 Å². The number of ether oxygens (including phenoxy) is 1. The molecule has 0 fully saturated rings. The number of nitrogens with one attached hydrogen (secondary N) is 1. The maximum absolute atomic E-state index is 12.6. The predicted molar refractivity (Wildman–Crippen MR) is 142 cm³/mol. The number of hydrogen-bond acceptors (Lipinski definition) is 5. The Morgan fingerprint density at radius 3 is 2.76 bits per heavy atom. The predicted octanol–water partition coefficient (Wildman–Crippen LogP) is 7.03. The molecule has 0 atom stereocenters. The molecule has 0 unspecified atom stereocenters. The van der Waals surface area contributed by atoms with E-state index in [4.69, 9.17) is 20.8 Å². The van der Waals surface area contributed by atoms with Crippen molar-refractivity contribution in [3.63, 3.8) is 0 Å². The molecule has 178 valence electrons. The molecule has 0 saturated heterocycles.